The Balaban J connectivity index is 1.79. The van der Waals surface area contributed by atoms with Crippen LogP contribution in [0.3, 0.4) is 0 Å². The van der Waals surface area contributed by atoms with E-state index < -0.39 is 230 Å². The largest absolute Gasteiger partial charge is 0.481 e. The fourth-order valence-electron chi connectivity index (χ4n) is 12.3. The number of fused-ring (bicyclic) bond motifs is 2. The van der Waals surface area contributed by atoms with Crippen molar-refractivity contribution < 1.29 is 107 Å². The monoisotopic (exact) mass is 1450 g/mol. The molecule has 0 saturated carbocycles. The number of benzene rings is 1. The van der Waals surface area contributed by atoms with Crippen LogP contribution < -0.4 is 58.9 Å². The number of unbranched alkanes of at least 4 members (excludes halogenated alkanes) is 8. The second kappa shape index (κ2) is 42.5. The number of nitrogens with two attached hydrogens (primary N) is 1. The molecule has 1 aromatic rings. The van der Waals surface area contributed by atoms with Gasteiger partial charge in [-0.05, 0) is 89.5 Å². The van der Waals surface area contributed by atoms with Gasteiger partial charge in [-0.15, -0.1) is 0 Å². The smallest absolute Gasteiger partial charge is 0.308 e. The number of carbonyl (C=O) groups excluding carboxylic acids is 14. The van der Waals surface area contributed by atoms with Gasteiger partial charge < -0.3 is 89.1 Å². The summed E-state index contributed by atoms with van der Waals surface area (Å²) in [6.45, 7) is 5.74. The van der Waals surface area contributed by atoms with E-state index in [-0.39, 0.29) is 63.1 Å². The highest BCUT2D eigenvalue weighted by atomic mass is 16.4. The number of hydrogen-bond acceptors (Lipinski definition) is 19. The van der Waals surface area contributed by atoms with Crippen LogP contribution in [0.4, 0.5) is 5.69 Å². The molecule has 3 aliphatic rings. The summed E-state index contributed by atoms with van der Waals surface area (Å²) in [6.07, 6.45) is 4.80. The molecule has 3 saturated heterocycles. The van der Waals surface area contributed by atoms with Crippen molar-refractivity contribution in [3.63, 3.8) is 0 Å². The van der Waals surface area contributed by atoms with Crippen LogP contribution in [0, 0.1) is 23.7 Å². The molecule has 0 aromatic heterocycles. The first-order valence-electron chi connectivity index (χ1n) is 35.0. The second-order valence-electron chi connectivity index (χ2n) is 26.7. The van der Waals surface area contributed by atoms with Gasteiger partial charge in [0.1, 0.15) is 36.3 Å². The SMILES string of the molecule is CCCCCCCCCCCC(=O)Nc1ccc(C(=O)NC(CC(=O)O)C(=O)CC2C(=O)N3CCCCC3C(=O)NC(C(C)C(=O)O)C(=O)CC(CC(=O)O)C(=O)NCC(=O)NC(CC(=O)O)C(=O)NCC(=O)NC(C(C)NC(=O)CN)C(=O)NC(C(C)C)C(=O)N3CCCC3C(=O)NC2C)cc1. The van der Waals surface area contributed by atoms with Gasteiger partial charge in [-0.25, -0.2) is 0 Å². The first-order chi connectivity index (χ1) is 48.7. The highest BCUT2D eigenvalue weighted by molar-refractivity contribution is 6.03. The Kier molecular flexibility index (Phi) is 35.2. The topological polar surface area (TPSA) is 541 Å². The van der Waals surface area contributed by atoms with Gasteiger partial charge in [-0.1, -0.05) is 72.1 Å². The molecule has 0 aliphatic carbocycles. The van der Waals surface area contributed by atoms with E-state index in [1.165, 1.54) is 71.2 Å². The highest BCUT2D eigenvalue weighted by Crippen LogP contribution is 2.27. The summed E-state index contributed by atoms with van der Waals surface area (Å²) in [5.41, 5.74) is 5.79. The normalized spacial score (nSPS) is 23.6. The average molecular weight is 1450 g/mol. The molecule has 3 fully saturated rings. The van der Waals surface area contributed by atoms with Crippen molar-refractivity contribution in [1.82, 2.24) is 57.7 Å². The molecule has 103 heavy (non-hydrogen) atoms. The van der Waals surface area contributed by atoms with Crippen molar-refractivity contribution in [2.75, 3.05) is 38.0 Å². The molecular weight excluding hydrogens is 1350 g/mol. The summed E-state index contributed by atoms with van der Waals surface area (Å²) in [6, 6.07) is -9.40. The number of carboxylic acid groups (broad SMARTS) is 4. The molecule has 12 unspecified atom stereocenters. The Morgan fingerprint density at radius 1 is 0.573 bits per heavy atom. The van der Waals surface area contributed by atoms with Gasteiger partial charge in [0.15, 0.2) is 11.6 Å². The van der Waals surface area contributed by atoms with E-state index >= 15 is 4.79 Å². The minimum absolute atomic E-state index is 0.0195. The van der Waals surface area contributed by atoms with Crippen LogP contribution in [0.25, 0.3) is 0 Å². The number of nitrogens with one attached hydrogen (secondary N) is 10. The third-order valence-electron chi connectivity index (χ3n) is 18.2. The van der Waals surface area contributed by atoms with Gasteiger partial charge in [0, 0.05) is 49.6 Å². The Labute approximate surface area is 595 Å². The van der Waals surface area contributed by atoms with Crippen LogP contribution in [0.2, 0.25) is 0 Å². The molecule has 570 valence electrons. The molecule has 0 radical (unpaired) electrons. The number of rotatable bonds is 28. The van der Waals surface area contributed by atoms with E-state index in [0.29, 0.717) is 12.1 Å². The molecular formula is C68H101N13O22. The number of ketones is 2. The number of carboxylic acids is 4. The van der Waals surface area contributed by atoms with Crippen molar-refractivity contribution in [3.8, 4) is 0 Å². The number of amides is 12. The number of anilines is 1. The van der Waals surface area contributed by atoms with Crippen LogP contribution in [0.15, 0.2) is 24.3 Å². The molecule has 12 amide bonds. The zero-order valence-corrected chi connectivity index (χ0v) is 59.1. The van der Waals surface area contributed by atoms with E-state index in [9.17, 15) is 102 Å². The number of Topliss-reactive ketones (excluding diaryl/α,β-unsaturated/α-hetero) is 2. The molecule has 1 aromatic carbocycles. The van der Waals surface area contributed by atoms with Crippen molar-refractivity contribution in [2.45, 2.75) is 224 Å². The van der Waals surface area contributed by atoms with E-state index in [2.05, 4.69) is 60.1 Å². The number of hydrogen-bond donors (Lipinski definition) is 15. The zero-order chi connectivity index (χ0) is 76.8. The minimum atomic E-state index is -2.06. The summed E-state index contributed by atoms with van der Waals surface area (Å²) in [5.74, 6) is -27.2. The summed E-state index contributed by atoms with van der Waals surface area (Å²) in [5, 5.41) is 63.7. The number of carbonyl (C=O) groups is 18. The van der Waals surface area contributed by atoms with E-state index in [1.807, 2.05) is 0 Å². The lowest BCUT2D eigenvalue weighted by Crippen LogP contribution is -2.63. The van der Waals surface area contributed by atoms with E-state index in [0.717, 1.165) is 48.8 Å². The predicted octanol–water partition coefficient (Wildman–Crippen LogP) is -0.879. The third kappa shape index (κ3) is 27.7. The summed E-state index contributed by atoms with van der Waals surface area (Å²) in [4.78, 5) is 248. The van der Waals surface area contributed by atoms with Crippen molar-refractivity contribution in [2.24, 2.45) is 29.4 Å². The van der Waals surface area contributed by atoms with Crippen LogP contribution in [0.1, 0.15) is 180 Å². The highest BCUT2D eigenvalue weighted by Gasteiger charge is 2.46. The summed E-state index contributed by atoms with van der Waals surface area (Å²) >= 11 is 0. The molecule has 4 rings (SSSR count). The van der Waals surface area contributed by atoms with Crippen LogP contribution in [-0.4, -0.2) is 224 Å². The van der Waals surface area contributed by atoms with Gasteiger partial charge in [-0.2, -0.15) is 0 Å². The van der Waals surface area contributed by atoms with Gasteiger partial charge in [0.2, 0.25) is 65.0 Å². The maximum absolute atomic E-state index is 15.5. The number of piperidine rings is 1. The Bertz CT molecular complexity index is 3260. The lowest BCUT2D eigenvalue weighted by Gasteiger charge is -2.39. The van der Waals surface area contributed by atoms with Crippen molar-refractivity contribution in [1.29, 1.82) is 0 Å². The first-order valence-corrected chi connectivity index (χ1v) is 35.0. The molecule has 12 atom stereocenters. The van der Waals surface area contributed by atoms with Gasteiger partial charge >= 0.3 is 23.9 Å². The lowest BCUT2D eigenvalue weighted by molar-refractivity contribution is -0.150. The maximum Gasteiger partial charge on any atom is 0.308 e. The Hall–Kier alpha value is -9.96. The summed E-state index contributed by atoms with van der Waals surface area (Å²) < 4.78 is 0. The predicted molar refractivity (Wildman–Crippen MR) is 365 cm³/mol. The van der Waals surface area contributed by atoms with Crippen molar-refractivity contribution in [3.05, 3.63) is 29.8 Å². The minimum Gasteiger partial charge on any atom is -0.481 e. The third-order valence-corrected chi connectivity index (χ3v) is 18.2. The Morgan fingerprint density at radius 3 is 1.71 bits per heavy atom. The van der Waals surface area contributed by atoms with Gasteiger partial charge in [0.25, 0.3) is 5.91 Å². The molecule has 0 bridgehead atoms. The van der Waals surface area contributed by atoms with Crippen LogP contribution in [0.5, 0.6) is 0 Å². The van der Waals surface area contributed by atoms with Gasteiger partial charge in [0.05, 0.1) is 68.7 Å². The molecule has 35 nitrogen and oxygen atoms in total. The quantitative estimate of drug-likeness (QED) is 0.0453. The van der Waals surface area contributed by atoms with Crippen molar-refractivity contribution >= 4 is 112 Å². The standard InChI is InChI=1S/C68H101N13O22/c1-7-8-9-10-11-12-13-14-15-21-50(84)74-42-24-22-40(23-25-42)61(95)76-44(31-55(90)91)48(82)30-43-38(5)73-63(97)47-20-18-27-81(47)67(101)57(36(2)3)78-65(99)59(39(6)72-51(85)33-69)77-53(87)35-71-62(96)45(32-56(92)93)75-52(86)34-70-60(94)41(29-54(88)89)28-49(83)58(37(4)68(102)103)79-64(98)46-19-16-17-26-80(46)66(43)100/h22-25,36-39,41,43-47,57-59H,7-21,26-35,69H2,1-6H3,(H,70,94)(H,71,96)(H,72,85)(H,73,97)(H,74,84)(H,75,86)(H,76,95)(H,77,87)(H,78,99)(H,79,98)(H,88,89)(H,90,91)(H,92,93)(H,102,103). The maximum atomic E-state index is 15.5. The van der Waals surface area contributed by atoms with Crippen LogP contribution in [-0.2, 0) is 81.5 Å². The molecule has 3 heterocycles. The van der Waals surface area contributed by atoms with E-state index in [4.69, 9.17) is 5.73 Å². The number of nitrogens with zero attached hydrogens (tertiary/aromatic N) is 2. The number of aliphatic carboxylic acids is 4. The average Bonchev–Trinajstić information content (AvgIpc) is 1.78. The molecule has 3 aliphatic heterocycles. The van der Waals surface area contributed by atoms with E-state index in [1.54, 1.807) is 0 Å². The lowest BCUT2D eigenvalue weighted by atomic mass is 9.87. The van der Waals surface area contributed by atoms with Crippen LogP contribution >= 0.6 is 0 Å². The molecule has 16 N–H and O–H groups in total. The second-order valence-corrected chi connectivity index (χ2v) is 26.7. The first kappa shape index (κ1) is 85.5. The fraction of sp³-hybridized carbons (Fsp3) is 0.647. The summed E-state index contributed by atoms with van der Waals surface area (Å²) in [7, 11) is 0. The fourth-order valence-corrected chi connectivity index (χ4v) is 12.3. The zero-order valence-electron chi connectivity index (χ0n) is 59.1. The Morgan fingerprint density at radius 2 is 1.13 bits per heavy atom. The van der Waals surface area contributed by atoms with Gasteiger partial charge in [-0.3, -0.25) is 86.3 Å². The molecule has 35 heteroatoms. The molecule has 0 spiro atoms.